The van der Waals surface area contributed by atoms with Gasteiger partial charge in [0, 0.05) is 25.6 Å². The van der Waals surface area contributed by atoms with Crippen molar-refractivity contribution in [2.75, 3.05) is 34.5 Å². The number of hydrogen-bond donors (Lipinski definition) is 2. The molecule has 9 heteroatoms. The molecule has 2 N–H and O–H groups in total. The summed E-state index contributed by atoms with van der Waals surface area (Å²) in [7, 11) is 4.44. The van der Waals surface area contributed by atoms with E-state index >= 15 is 0 Å². The lowest BCUT2D eigenvalue weighted by atomic mass is 9.94. The van der Waals surface area contributed by atoms with Crippen molar-refractivity contribution in [2.45, 2.75) is 12.5 Å². The van der Waals surface area contributed by atoms with Gasteiger partial charge in [0.25, 0.3) is 5.91 Å². The Morgan fingerprint density at radius 1 is 1.06 bits per heavy atom. The van der Waals surface area contributed by atoms with Crippen LogP contribution in [0.3, 0.4) is 0 Å². The molecule has 1 aliphatic rings. The van der Waals surface area contributed by atoms with E-state index in [4.69, 9.17) is 18.6 Å². The number of para-hydroxylation sites is 1. The number of phenols is 1. The molecule has 2 aromatic carbocycles. The van der Waals surface area contributed by atoms with Crippen LogP contribution in [-0.2, 0) is 9.53 Å². The molecule has 1 aromatic heterocycles. The van der Waals surface area contributed by atoms with Gasteiger partial charge in [-0.2, -0.15) is 0 Å². The van der Waals surface area contributed by atoms with Crippen LogP contribution in [0.4, 0.5) is 0 Å². The Hall–Kier alpha value is -3.98. The quantitative estimate of drug-likeness (QED) is 0.361. The zero-order valence-electron chi connectivity index (χ0n) is 19.0. The van der Waals surface area contributed by atoms with Gasteiger partial charge in [-0.1, -0.05) is 18.2 Å². The summed E-state index contributed by atoms with van der Waals surface area (Å²) in [5, 5.41) is 21.5. The van der Waals surface area contributed by atoms with Gasteiger partial charge in [-0.15, -0.1) is 0 Å². The van der Waals surface area contributed by atoms with Crippen LogP contribution in [0.25, 0.3) is 11.0 Å². The van der Waals surface area contributed by atoms with Crippen molar-refractivity contribution in [1.29, 1.82) is 0 Å². The second-order valence-corrected chi connectivity index (χ2v) is 7.76. The van der Waals surface area contributed by atoms with E-state index in [1.807, 2.05) is 0 Å². The molecule has 1 amide bonds. The number of Topliss-reactive ketones (excluding diaryl/α,β-unsaturated/α-hetero) is 1. The first-order valence-corrected chi connectivity index (χ1v) is 10.6. The van der Waals surface area contributed by atoms with Gasteiger partial charge < -0.3 is 33.7 Å². The normalized spacial score (nSPS) is 15.9. The maximum atomic E-state index is 13.6. The maximum Gasteiger partial charge on any atom is 0.290 e. The molecule has 0 saturated carbocycles. The van der Waals surface area contributed by atoms with Crippen molar-refractivity contribution in [3.8, 4) is 17.2 Å². The van der Waals surface area contributed by atoms with Crippen LogP contribution in [0, 0.1) is 0 Å². The van der Waals surface area contributed by atoms with E-state index in [0.717, 1.165) is 0 Å². The van der Waals surface area contributed by atoms with Crippen LogP contribution in [0.15, 0.2) is 58.2 Å². The third-order valence-electron chi connectivity index (χ3n) is 5.77. The zero-order chi connectivity index (χ0) is 24.4. The highest BCUT2D eigenvalue weighted by atomic mass is 16.5. The first-order chi connectivity index (χ1) is 16.4. The van der Waals surface area contributed by atoms with Crippen molar-refractivity contribution in [1.82, 2.24) is 4.90 Å². The Bertz CT molecular complexity index is 1280. The van der Waals surface area contributed by atoms with Crippen LogP contribution >= 0.6 is 0 Å². The average Bonchev–Trinajstić information content (AvgIpc) is 3.39. The summed E-state index contributed by atoms with van der Waals surface area (Å²) in [6.45, 7) is 0.623. The first-order valence-electron chi connectivity index (χ1n) is 10.6. The molecule has 0 spiro atoms. The smallest absolute Gasteiger partial charge is 0.290 e. The molecule has 3 aromatic rings. The summed E-state index contributed by atoms with van der Waals surface area (Å²) in [5.41, 5.74) is 0.757. The number of furan rings is 1. The SMILES string of the molecule is COCCCN1C(=O)C(O)=C(C(=O)c2cc3cccc(OC)c3o2)C1c1ccc(O)c(OC)c1. The van der Waals surface area contributed by atoms with Gasteiger partial charge in [-0.3, -0.25) is 9.59 Å². The van der Waals surface area contributed by atoms with Gasteiger partial charge in [0.05, 0.1) is 25.8 Å². The molecule has 9 nitrogen and oxygen atoms in total. The lowest BCUT2D eigenvalue weighted by Crippen LogP contribution is -2.32. The van der Waals surface area contributed by atoms with Crippen molar-refractivity contribution in [2.24, 2.45) is 0 Å². The van der Waals surface area contributed by atoms with Crippen LogP contribution in [0.2, 0.25) is 0 Å². The number of phenolic OH excluding ortho intramolecular Hbond substituents is 1. The molecule has 1 aliphatic heterocycles. The summed E-state index contributed by atoms with van der Waals surface area (Å²) >= 11 is 0. The number of fused-ring (bicyclic) bond motifs is 1. The number of rotatable bonds is 9. The fraction of sp³-hybridized carbons (Fsp3) is 0.280. The number of aliphatic hydroxyl groups is 1. The maximum absolute atomic E-state index is 13.6. The summed E-state index contributed by atoms with van der Waals surface area (Å²) in [4.78, 5) is 28.0. The monoisotopic (exact) mass is 467 g/mol. The molecule has 2 heterocycles. The van der Waals surface area contributed by atoms with Crippen molar-refractivity contribution in [3.05, 3.63) is 65.1 Å². The number of aromatic hydroxyl groups is 1. The lowest BCUT2D eigenvalue weighted by molar-refractivity contribution is -0.129. The standard InChI is InChI=1S/C25H25NO8/c1-31-11-5-10-26-21(14-8-9-16(27)18(12-14)33-3)20(23(29)25(26)30)22(28)19-13-15-6-4-7-17(32-2)24(15)34-19/h4,6-9,12-13,21,27,29H,5,10-11H2,1-3H3. The Morgan fingerprint density at radius 3 is 2.53 bits per heavy atom. The summed E-state index contributed by atoms with van der Waals surface area (Å²) in [6.07, 6.45) is 0.491. The van der Waals surface area contributed by atoms with Crippen LogP contribution in [-0.4, -0.2) is 61.3 Å². The predicted molar refractivity (Wildman–Crippen MR) is 122 cm³/mol. The number of ketones is 1. The number of methoxy groups -OCH3 is 3. The minimum atomic E-state index is -0.915. The highest BCUT2D eigenvalue weighted by Gasteiger charge is 2.44. The molecule has 34 heavy (non-hydrogen) atoms. The number of aliphatic hydroxyl groups excluding tert-OH is 1. The summed E-state index contributed by atoms with van der Waals surface area (Å²) < 4.78 is 21.4. The number of carbonyl (C=O) groups excluding carboxylic acids is 2. The van der Waals surface area contributed by atoms with E-state index in [1.54, 1.807) is 37.4 Å². The van der Waals surface area contributed by atoms with Gasteiger partial charge in [0.15, 0.2) is 34.4 Å². The summed E-state index contributed by atoms with van der Waals surface area (Å²) in [5.74, 6) is -1.45. The van der Waals surface area contributed by atoms with E-state index in [9.17, 15) is 19.8 Å². The Labute approximate surface area is 195 Å². The molecule has 0 aliphatic carbocycles. The predicted octanol–water partition coefficient (Wildman–Crippen LogP) is 3.77. The number of amides is 1. The van der Waals surface area contributed by atoms with Crippen LogP contribution in [0.5, 0.6) is 17.2 Å². The molecule has 0 fully saturated rings. The minimum absolute atomic E-state index is 0.0386. The molecule has 1 unspecified atom stereocenters. The topological polar surface area (TPSA) is 119 Å². The molecule has 1 atom stereocenters. The third kappa shape index (κ3) is 3.94. The second-order valence-electron chi connectivity index (χ2n) is 7.76. The van der Waals surface area contributed by atoms with Gasteiger partial charge in [0.1, 0.15) is 0 Å². The Morgan fingerprint density at radius 2 is 1.82 bits per heavy atom. The van der Waals surface area contributed by atoms with E-state index < -0.39 is 23.5 Å². The van der Waals surface area contributed by atoms with Gasteiger partial charge >= 0.3 is 0 Å². The number of nitrogens with zero attached hydrogens (tertiary/aromatic N) is 1. The minimum Gasteiger partial charge on any atom is -0.504 e. The first kappa shape index (κ1) is 23.2. The molecule has 4 rings (SSSR count). The van der Waals surface area contributed by atoms with E-state index in [1.165, 1.54) is 31.3 Å². The molecule has 0 saturated heterocycles. The zero-order valence-corrected chi connectivity index (χ0v) is 19.0. The van der Waals surface area contributed by atoms with Gasteiger partial charge in [-0.05, 0) is 36.2 Å². The fourth-order valence-electron chi connectivity index (χ4n) is 4.15. The Balaban J connectivity index is 1.81. The average molecular weight is 467 g/mol. The molecular formula is C25H25NO8. The number of ether oxygens (including phenoxy) is 3. The van der Waals surface area contributed by atoms with Crippen molar-refractivity contribution < 1.29 is 38.4 Å². The summed E-state index contributed by atoms with van der Waals surface area (Å²) in [6, 6.07) is 10.4. The van der Waals surface area contributed by atoms with E-state index in [0.29, 0.717) is 35.3 Å². The molecule has 0 bridgehead atoms. The molecular weight excluding hydrogens is 442 g/mol. The number of carbonyl (C=O) groups is 2. The van der Waals surface area contributed by atoms with Gasteiger partial charge in [-0.25, -0.2) is 0 Å². The van der Waals surface area contributed by atoms with Crippen molar-refractivity contribution >= 4 is 22.7 Å². The highest BCUT2D eigenvalue weighted by Crippen LogP contribution is 2.42. The Kier molecular flexibility index (Phi) is 6.47. The largest absolute Gasteiger partial charge is 0.504 e. The second kappa shape index (κ2) is 9.48. The number of hydrogen-bond acceptors (Lipinski definition) is 8. The third-order valence-corrected chi connectivity index (χ3v) is 5.77. The fourth-order valence-corrected chi connectivity index (χ4v) is 4.15. The molecule has 0 radical (unpaired) electrons. The highest BCUT2D eigenvalue weighted by molar-refractivity contribution is 6.16. The lowest BCUT2D eigenvalue weighted by Gasteiger charge is -2.27. The van der Waals surface area contributed by atoms with Crippen LogP contribution < -0.4 is 9.47 Å². The van der Waals surface area contributed by atoms with Crippen molar-refractivity contribution in [3.63, 3.8) is 0 Å². The van der Waals surface area contributed by atoms with Crippen LogP contribution in [0.1, 0.15) is 28.6 Å². The van der Waals surface area contributed by atoms with Gasteiger partial charge in [0.2, 0.25) is 5.78 Å². The van der Waals surface area contributed by atoms with E-state index in [-0.39, 0.29) is 29.4 Å². The molecule has 178 valence electrons. The van der Waals surface area contributed by atoms with E-state index in [2.05, 4.69) is 0 Å². The number of benzene rings is 2.